The van der Waals surface area contributed by atoms with Gasteiger partial charge in [-0.05, 0) is 60.5 Å². The number of carbonyl (C=O) groups is 2. The van der Waals surface area contributed by atoms with Crippen molar-refractivity contribution >= 4 is 51.5 Å². The van der Waals surface area contributed by atoms with Crippen molar-refractivity contribution in [1.29, 1.82) is 0 Å². The summed E-state index contributed by atoms with van der Waals surface area (Å²) in [5.41, 5.74) is 3.86. The molecule has 0 spiro atoms. The van der Waals surface area contributed by atoms with E-state index in [1.807, 2.05) is 37.3 Å². The van der Waals surface area contributed by atoms with Crippen molar-refractivity contribution in [2.75, 3.05) is 24.9 Å². The summed E-state index contributed by atoms with van der Waals surface area (Å²) in [7, 11) is 3.13. The number of fused-ring (bicyclic) bond motifs is 2. The van der Waals surface area contributed by atoms with Crippen molar-refractivity contribution in [3.05, 3.63) is 76.6 Å². The molecule has 3 aromatic carbocycles. The molecule has 4 aromatic rings. The van der Waals surface area contributed by atoms with Crippen LogP contribution in [-0.2, 0) is 0 Å². The largest absolute Gasteiger partial charge is 0.493 e. The Kier molecular flexibility index (Phi) is 6.07. The van der Waals surface area contributed by atoms with Crippen LogP contribution in [0.3, 0.4) is 0 Å². The zero-order valence-corrected chi connectivity index (χ0v) is 20.4. The topological polar surface area (TPSA) is 114 Å². The third kappa shape index (κ3) is 4.36. The van der Waals surface area contributed by atoms with E-state index in [1.54, 1.807) is 38.5 Å². The molecule has 0 saturated heterocycles. The quantitative estimate of drug-likeness (QED) is 0.236. The maximum Gasteiger partial charge on any atom is 0.259 e. The summed E-state index contributed by atoms with van der Waals surface area (Å²) in [5, 5.41) is 9.87. The molecular formula is C26H22ClN5O4. The molecular weight excluding hydrogens is 482 g/mol. The van der Waals surface area contributed by atoms with Crippen molar-refractivity contribution in [1.82, 2.24) is 15.3 Å². The summed E-state index contributed by atoms with van der Waals surface area (Å²) in [6.45, 7) is 2.01. The Balaban J connectivity index is 1.41. The number of nitrogens with one attached hydrogen (secondary N) is 3. The lowest BCUT2D eigenvalue weighted by Gasteiger charge is -2.18. The number of amides is 2. The Morgan fingerprint density at radius 3 is 2.39 bits per heavy atom. The molecule has 1 unspecified atom stereocenters. The average Bonchev–Trinajstić information content (AvgIpc) is 3.15. The lowest BCUT2D eigenvalue weighted by molar-refractivity contribution is 0.0879. The zero-order valence-electron chi connectivity index (χ0n) is 19.7. The predicted octanol–water partition coefficient (Wildman–Crippen LogP) is 5.10. The van der Waals surface area contributed by atoms with Gasteiger partial charge in [0.1, 0.15) is 5.82 Å². The number of carbonyl (C=O) groups excluding carboxylic acids is 2. The number of aromatic nitrogens is 2. The highest BCUT2D eigenvalue weighted by atomic mass is 35.5. The molecule has 2 amide bonds. The maximum absolute atomic E-state index is 12.0. The number of nitrogens with zero attached hydrogens (tertiary/aromatic N) is 2. The normalized spacial score (nSPS) is 13.2. The minimum atomic E-state index is -0.393. The molecule has 5 rings (SSSR count). The second-order valence-corrected chi connectivity index (χ2v) is 8.56. The van der Waals surface area contributed by atoms with Gasteiger partial charge in [0, 0.05) is 22.8 Å². The van der Waals surface area contributed by atoms with E-state index in [1.165, 1.54) is 0 Å². The number of benzene rings is 3. The Morgan fingerprint density at radius 1 is 0.889 bits per heavy atom. The fourth-order valence-corrected chi connectivity index (χ4v) is 4.30. The van der Waals surface area contributed by atoms with Gasteiger partial charge < -0.3 is 20.1 Å². The zero-order chi connectivity index (χ0) is 25.4. The molecule has 1 aromatic heterocycles. The number of hydrogen-bond acceptors (Lipinski definition) is 8. The molecule has 0 radical (unpaired) electrons. The Bertz CT molecular complexity index is 1520. The molecule has 10 heteroatoms. The lowest BCUT2D eigenvalue weighted by Crippen LogP contribution is -2.19. The second kappa shape index (κ2) is 9.35. The van der Waals surface area contributed by atoms with Gasteiger partial charge in [0.05, 0.1) is 36.9 Å². The molecule has 0 saturated carbocycles. The molecule has 36 heavy (non-hydrogen) atoms. The predicted molar refractivity (Wildman–Crippen MR) is 138 cm³/mol. The Labute approximate surface area is 211 Å². The van der Waals surface area contributed by atoms with Crippen molar-refractivity contribution in [2.24, 2.45) is 0 Å². The van der Waals surface area contributed by atoms with Crippen molar-refractivity contribution in [3.8, 4) is 11.5 Å². The fourth-order valence-electron chi connectivity index (χ4n) is 4.12. The van der Waals surface area contributed by atoms with Gasteiger partial charge in [-0.15, -0.1) is 0 Å². The first-order valence-electron chi connectivity index (χ1n) is 11.1. The van der Waals surface area contributed by atoms with Crippen LogP contribution in [0.5, 0.6) is 11.5 Å². The van der Waals surface area contributed by atoms with E-state index < -0.39 is 5.91 Å². The standard InChI is InChI=1S/C26H22ClN5O4/c1-13(28-23-19-11-21(35-2)22(36-3)12-20(19)30-26(27)31-23)14-5-4-6-15(9-14)29-16-7-8-17-18(10-16)25(34)32-24(17)33/h4-13,29H,1-3H3,(H,28,30,31)(H,32,33,34). The molecule has 0 aliphatic carbocycles. The molecule has 1 aliphatic heterocycles. The van der Waals surface area contributed by atoms with E-state index in [0.717, 1.165) is 16.6 Å². The third-order valence-electron chi connectivity index (χ3n) is 5.94. The SMILES string of the molecule is COc1cc2nc(Cl)nc(NC(C)c3cccc(Nc4ccc5c(c4)C(=O)NC5=O)c3)c2cc1OC. The highest BCUT2D eigenvalue weighted by Crippen LogP contribution is 2.36. The molecule has 2 heterocycles. The number of hydrogen-bond donors (Lipinski definition) is 3. The van der Waals surface area contributed by atoms with Crippen LogP contribution in [0.4, 0.5) is 17.2 Å². The van der Waals surface area contributed by atoms with Crippen molar-refractivity contribution in [2.45, 2.75) is 13.0 Å². The monoisotopic (exact) mass is 503 g/mol. The van der Waals surface area contributed by atoms with E-state index in [2.05, 4.69) is 25.9 Å². The highest BCUT2D eigenvalue weighted by Gasteiger charge is 2.26. The van der Waals surface area contributed by atoms with Crippen molar-refractivity contribution < 1.29 is 19.1 Å². The third-order valence-corrected chi connectivity index (χ3v) is 6.11. The molecule has 0 fully saturated rings. The fraction of sp³-hybridized carbons (Fsp3) is 0.154. The van der Waals surface area contributed by atoms with E-state index in [4.69, 9.17) is 21.1 Å². The van der Waals surface area contributed by atoms with E-state index >= 15 is 0 Å². The Morgan fingerprint density at radius 2 is 1.61 bits per heavy atom. The number of imide groups is 1. The summed E-state index contributed by atoms with van der Waals surface area (Å²) in [6.07, 6.45) is 0. The minimum absolute atomic E-state index is 0.110. The van der Waals surface area contributed by atoms with E-state index in [-0.39, 0.29) is 17.2 Å². The molecule has 0 bridgehead atoms. The van der Waals surface area contributed by atoms with Gasteiger partial charge in [-0.3, -0.25) is 14.9 Å². The van der Waals surface area contributed by atoms with Gasteiger partial charge in [-0.1, -0.05) is 12.1 Å². The summed E-state index contributed by atoms with van der Waals surface area (Å²) in [5.74, 6) is 0.895. The highest BCUT2D eigenvalue weighted by molar-refractivity contribution is 6.28. The summed E-state index contributed by atoms with van der Waals surface area (Å²) in [4.78, 5) is 32.5. The van der Waals surface area contributed by atoms with Crippen LogP contribution in [0.25, 0.3) is 10.9 Å². The van der Waals surface area contributed by atoms with Crippen LogP contribution in [0, 0.1) is 0 Å². The van der Waals surface area contributed by atoms with Crippen LogP contribution in [0.15, 0.2) is 54.6 Å². The van der Waals surface area contributed by atoms with Gasteiger partial charge >= 0.3 is 0 Å². The number of anilines is 3. The van der Waals surface area contributed by atoms with Crippen molar-refractivity contribution in [3.63, 3.8) is 0 Å². The van der Waals surface area contributed by atoms with Gasteiger partial charge in [-0.2, -0.15) is 0 Å². The molecule has 9 nitrogen and oxygen atoms in total. The number of halogens is 1. The van der Waals surface area contributed by atoms with Crippen LogP contribution in [0.1, 0.15) is 39.2 Å². The van der Waals surface area contributed by atoms with Crippen LogP contribution in [-0.4, -0.2) is 36.0 Å². The Hall–Kier alpha value is -4.37. The number of rotatable bonds is 7. The van der Waals surface area contributed by atoms with Gasteiger partial charge in [0.15, 0.2) is 11.5 Å². The molecule has 1 atom stereocenters. The summed E-state index contributed by atoms with van der Waals surface area (Å²) >= 11 is 6.20. The van der Waals surface area contributed by atoms with Crippen LogP contribution >= 0.6 is 11.6 Å². The average molecular weight is 504 g/mol. The second-order valence-electron chi connectivity index (χ2n) is 8.23. The first-order valence-corrected chi connectivity index (χ1v) is 11.5. The first kappa shape index (κ1) is 23.4. The summed E-state index contributed by atoms with van der Waals surface area (Å²) < 4.78 is 10.8. The number of ether oxygens (including phenoxy) is 2. The van der Waals surface area contributed by atoms with E-state index in [9.17, 15) is 9.59 Å². The van der Waals surface area contributed by atoms with Gasteiger partial charge in [-0.25, -0.2) is 9.97 Å². The maximum atomic E-state index is 12.0. The molecule has 182 valence electrons. The van der Waals surface area contributed by atoms with Gasteiger partial charge in [0.2, 0.25) is 5.28 Å². The first-order chi connectivity index (χ1) is 17.4. The molecule has 3 N–H and O–H groups in total. The summed E-state index contributed by atoms with van der Waals surface area (Å²) in [6, 6.07) is 16.3. The number of methoxy groups -OCH3 is 2. The minimum Gasteiger partial charge on any atom is -0.493 e. The molecule has 1 aliphatic rings. The van der Waals surface area contributed by atoms with E-state index in [0.29, 0.717) is 39.6 Å². The van der Waals surface area contributed by atoms with Crippen LogP contribution < -0.4 is 25.4 Å². The van der Waals surface area contributed by atoms with Crippen LogP contribution in [0.2, 0.25) is 5.28 Å². The smallest absolute Gasteiger partial charge is 0.259 e. The van der Waals surface area contributed by atoms with Gasteiger partial charge in [0.25, 0.3) is 11.8 Å². The lowest BCUT2D eigenvalue weighted by atomic mass is 10.1.